The number of carbonyl (C=O) groups is 4. The summed E-state index contributed by atoms with van der Waals surface area (Å²) in [4.78, 5) is 56.3. The molecule has 1 amide bonds. The average molecular weight is 1140 g/mol. The molecule has 0 bridgehead atoms. The average Bonchev–Trinajstić information content (AvgIpc) is 0.824. The van der Waals surface area contributed by atoms with Gasteiger partial charge in [0.1, 0.15) is 24.6 Å². The van der Waals surface area contributed by atoms with E-state index in [0.29, 0.717) is 94.4 Å². The first-order valence-electron chi connectivity index (χ1n) is 30.4. The fourth-order valence-corrected chi connectivity index (χ4v) is 13.3. The van der Waals surface area contributed by atoms with Crippen LogP contribution in [-0.4, -0.2) is 134 Å². The Morgan fingerprint density at radius 2 is 1.45 bits per heavy atom. The number of ketones is 2. The Kier molecular flexibility index (Phi) is 18.4. The van der Waals surface area contributed by atoms with Gasteiger partial charge < -0.3 is 44.3 Å². The smallest absolute Gasteiger partial charge is 0.336 e. The number of unbranched alkanes of at least 4 members (excludes halogenated alkanes) is 1. The first-order valence-corrected chi connectivity index (χ1v) is 30.4. The van der Waals surface area contributed by atoms with E-state index in [4.69, 9.17) is 23.7 Å². The summed E-state index contributed by atoms with van der Waals surface area (Å²) in [5.74, 6) is 0.861. The largest absolute Gasteiger partial charge is 0.478 e. The topological polar surface area (TPSA) is 217 Å². The van der Waals surface area contributed by atoms with Crippen molar-refractivity contribution in [2.75, 3.05) is 83.9 Å². The number of nitrogens with one attached hydrogen (secondary N) is 2. The van der Waals surface area contributed by atoms with E-state index in [1.807, 2.05) is 44.2 Å². The minimum atomic E-state index is -1.09. The number of aromatic nitrogens is 4. The minimum Gasteiger partial charge on any atom is -0.478 e. The van der Waals surface area contributed by atoms with Gasteiger partial charge in [0.2, 0.25) is 11.2 Å². The van der Waals surface area contributed by atoms with E-state index in [0.717, 1.165) is 110 Å². The lowest BCUT2D eigenvalue weighted by Crippen LogP contribution is -2.45. The number of amides is 1. The molecule has 3 N–H and O–H groups in total. The Bertz CT molecular complexity index is 3460. The zero-order valence-electron chi connectivity index (χ0n) is 49.2. The molecule has 6 heterocycles. The van der Waals surface area contributed by atoms with Crippen molar-refractivity contribution in [2.45, 2.75) is 130 Å². The molecule has 0 radical (unpaired) electrons. The van der Waals surface area contributed by atoms with Crippen molar-refractivity contribution in [1.29, 1.82) is 0 Å². The van der Waals surface area contributed by atoms with E-state index in [1.54, 1.807) is 13.0 Å². The van der Waals surface area contributed by atoms with Gasteiger partial charge in [0, 0.05) is 108 Å². The van der Waals surface area contributed by atoms with Crippen LogP contribution in [-0.2, 0) is 60.8 Å². The second kappa shape index (κ2) is 26.3. The van der Waals surface area contributed by atoms with Gasteiger partial charge in [-0.05, 0) is 98.2 Å². The van der Waals surface area contributed by atoms with Crippen molar-refractivity contribution in [1.82, 2.24) is 35.6 Å². The first-order chi connectivity index (χ1) is 40.9. The van der Waals surface area contributed by atoms with Crippen LogP contribution in [0, 0.1) is 12.3 Å². The summed E-state index contributed by atoms with van der Waals surface area (Å²) in [6.07, 6.45) is 12.5. The molecule has 5 aromatic rings. The lowest BCUT2D eigenvalue weighted by Gasteiger charge is -2.44. The molecule has 0 saturated heterocycles. The van der Waals surface area contributed by atoms with Gasteiger partial charge in [-0.1, -0.05) is 63.9 Å². The zero-order valence-corrected chi connectivity index (χ0v) is 49.2. The number of carbonyl (C=O) groups excluding carboxylic acids is 3. The third kappa shape index (κ3) is 12.9. The molecule has 4 aromatic carbocycles. The van der Waals surface area contributed by atoms with Gasteiger partial charge in [-0.3, -0.25) is 14.4 Å². The molecule has 1 aliphatic carbocycles. The molecule has 18 heteroatoms. The Morgan fingerprint density at radius 1 is 0.762 bits per heavy atom. The lowest BCUT2D eigenvalue weighted by atomic mass is 9.73. The fourth-order valence-electron chi connectivity index (χ4n) is 13.3. The highest BCUT2D eigenvalue weighted by molar-refractivity contribution is 6.22. The van der Waals surface area contributed by atoms with Crippen LogP contribution in [0.2, 0.25) is 0 Å². The molecule has 5 aliphatic heterocycles. The number of hydrogen-bond acceptors (Lipinski definition) is 15. The second-order valence-electron chi connectivity index (χ2n) is 23.8. The van der Waals surface area contributed by atoms with Crippen molar-refractivity contribution < 1.29 is 48.0 Å². The van der Waals surface area contributed by atoms with E-state index < -0.39 is 5.97 Å². The summed E-state index contributed by atoms with van der Waals surface area (Å²) in [5.41, 5.74) is 11.3. The van der Waals surface area contributed by atoms with Crippen molar-refractivity contribution in [3.05, 3.63) is 132 Å². The van der Waals surface area contributed by atoms with Gasteiger partial charge in [0.05, 0.1) is 69.6 Å². The van der Waals surface area contributed by atoms with Gasteiger partial charge in [-0.25, -0.2) is 9.37 Å². The predicted octanol–water partition coefficient (Wildman–Crippen LogP) is 7.12. The molecule has 1 fully saturated rings. The highest BCUT2D eigenvalue weighted by atomic mass is 16.6. The molecule has 18 nitrogen and oxygen atoms in total. The van der Waals surface area contributed by atoms with Gasteiger partial charge in [-0.2, -0.15) is 0 Å². The molecule has 1 unspecified atom stereocenters. The van der Waals surface area contributed by atoms with Crippen molar-refractivity contribution in [3.63, 3.8) is 0 Å². The van der Waals surface area contributed by atoms with E-state index in [9.17, 15) is 24.3 Å². The summed E-state index contributed by atoms with van der Waals surface area (Å²) < 4.78 is 32.9. The third-order valence-corrected chi connectivity index (χ3v) is 17.2. The van der Waals surface area contributed by atoms with Crippen LogP contribution >= 0.6 is 0 Å². The number of aromatic carboxylic acids is 1. The quantitative estimate of drug-likeness (QED) is 0.0225. The number of fused-ring (bicyclic) bond motifs is 4. The van der Waals surface area contributed by atoms with E-state index in [-0.39, 0.29) is 59.3 Å². The fraction of sp³-hybridized carbons (Fsp3) is 0.500. The lowest BCUT2D eigenvalue weighted by molar-refractivity contribution is -0.127. The Labute approximate surface area is 491 Å². The van der Waals surface area contributed by atoms with Crippen LogP contribution in [0.3, 0.4) is 0 Å². The number of rotatable bonds is 25. The van der Waals surface area contributed by atoms with Gasteiger partial charge in [-0.15, -0.1) is 20.4 Å². The molecule has 442 valence electrons. The number of carboxylic acids is 1. The number of allylic oxidation sites excluding steroid dienone is 1. The maximum absolute atomic E-state index is 13.7. The zero-order chi connectivity index (χ0) is 58.3. The Hall–Kier alpha value is -7.25. The summed E-state index contributed by atoms with van der Waals surface area (Å²) in [6.45, 7) is 14.1. The number of ether oxygens (including phenoxy) is 5. The number of hydrogen-bond donors (Lipinski definition) is 3. The van der Waals surface area contributed by atoms with Crippen molar-refractivity contribution in [3.8, 4) is 22.9 Å². The molecule has 6 aliphatic rings. The number of aryl methyl sites for hydroxylation is 3. The highest BCUT2D eigenvalue weighted by Crippen LogP contribution is 2.50. The van der Waals surface area contributed by atoms with Gasteiger partial charge in [0.15, 0.2) is 17.4 Å². The molecule has 1 atom stereocenters. The minimum absolute atomic E-state index is 0.0795. The van der Waals surface area contributed by atoms with Gasteiger partial charge in [0.25, 0.3) is 5.91 Å². The first kappa shape index (κ1) is 58.5. The van der Waals surface area contributed by atoms with Crippen LogP contribution < -0.4 is 35.4 Å². The van der Waals surface area contributed by atoms with E-state index >= 15 is 0 Å². The molecular formula is C66H79N8O10+. The summed E-state index contributed by atoms with van der Waals surface area (Å²) in [7, 11) is 0. The third-order valence-electron chi connectivity index (χ3n) is 17.2. The number of Topliss-reactive ketones (excluding diaryl/α,β-unsaturated/α-hetero) is 2. The number of anilines is 1. The number of carboxylic acid groups (broad SMARTS) is 1. The van der Waals surface area contributed by atoms with E-state index in [2.05, 4.69) is 59.6 Å². The second-order valence-corrected chi connectivity index (χ2v) is 23.8. The van der Waals surface area contributed by atoms with Gasteiger partial charge >= 0.3 is 5.97 Å². The van der Waals surface area contributed by atoms with Crippen LogP contribution in [0.25, 0.3) is 17.0 Å². The Balaban J connectivity index is 0.652. The van der Waals surface area contributed by atoms with Crippen LogP contribution in [0.5, 0.6) is 11.5 Å². The number of nitrogens with zero attached hydrogens (tertiary/aromatic N) is 6. The molecule has 84 heavy (non-hydrogen) atoms. The molecule has 11 rings (SSSR count). The van der Waals surface area contributed by atoms with Crippen LogP contribution in [0.15, 0.2) is 65.9 Å². The van der Waals surface area contributed by atoms with Crippen molar-refractivity contribution in [2.24, 2.45) is 5.41 Å². The maximum atomic E-state index is 13.7. The molecular weight excluding hydrogens is 1060 g/mol. The summed E-state index contributed by atoms with van der Waals surface area (Å²) >= 11 is 0. The number of benzene rings is 4. The standard InChI is InChI=1S/C66H78N8O10/c1-5-6-12-47-19-21-50-60-45(11-8-26-74(47)60)36-53-57(52-35-44-10-7-24-73-25-9-13-49(59(44)73)61(52)84-62(50)53)48-20-18-46(37-51(48)65(78)79)64(77)67-23-28-81-30-32-83-34-33-82-31-29-80-27-22-54(58-55(75)38-66(3,4)39-56(58)76)68-40-42-14-16-43(17-15-42)63-71-69-41(2)70-72-63/h14-18,20,35-37,47H,5-13,19,21-34,38-40H2,1-4H3,(H2-,67,68,75,76,77,78,79)/p+1. The normalized spacial score (nSPS) is 17.5. The monoisotopic (exact) mass is 1140 g/mol. The maximum Gasteiger partial charge on any atom is 0.336 e. The van der Waals surface area contributed by atoms with Crippen LogP contribution in [0.1, 0.15) is 150 Å². The molecule has 0 spiro atoms. The van der Waals surface area contributed by atoms with E-state index in [1.165, 1.54) is 58.6 Å². The highest BCUT2D eigenvalue weighted by Gasteiger charge is 2.40. The predicted molar refractivity (Wildman–Crippen MR) is 317 cm³/mol. The SMILES string of the molecule is CCCCC1CCc2c3c(cc4c2N1CCC4)C(c1ccc(C(=O)NCCOCCOCCOCCOCCC(NCc2ccc(-c4nnc(C)nn4)cc2)=C2C(=O)CC(C)(C)CC2=O)cc1C(=O)O)=c1cc2c4c(c1O3)CCC[N+]=4CCC2. The summed E-state index contributed by atoms with van der Waals surface area (Å²) in [6, 6.07) is 17.8. The molecule has 1 aromatic heterocycles. The van der Waals surface area contributed by atoms with Crippen LogP contribution in [0.4, 0.5) is 5.69 Å². The molecule has 1 saturated carbocycles. The Morgan fingerprint density at radius 3 is 2.17 bits per heavy atom. The van der Waals surface area contributed by atoms with Crippen molar-refractivity contribution >= 4 is 34.7 Å². The summed E-state index contributed by atoms with van der Waals surface area (Å²) in [5, 5.41) is 35.7.